The minimum Gasteiger partial charge on any atom is -0.338 e. The summed E-state index contributed by atoms with van der Waals surface area (Å²) in [6.45, 7) is 10.9. The lowest BCUT2D eigenvalue weighted by Gasteiger charge is -2.29. The van der Waals surface area contributed by atoms with E-state index in [1.807, 2.05) is 50.8 Å². The number of rotatable bonds is 5. The summed E-state index contributed by atoms with van der Waals surface area (Å²) in [5.74, 6) is 0.0830. The van der Waals surface area contributed by atoms with Crippen LogP contribution in [0.3, 0.4) is 0 Å². The van der Waals surface area contributed by atoms with Crippen molar-refractivity contribution in [3.63, 3.8) is 0 Å². The number of carbonyl (C=O) groups excluding carboxylic acids is 1. The Morgan fingerprint density at radius 2 is 1.92 bits per heavy atom. The van der Waals surface area contributed by atoms with E-state index in [0.29, 0.717) is 18.7 Å². The van der Waals surface area contributed by atoms with Crippen LogP contribution < -0.4 is 5.56 Å². The molecule has 0 saturated heterocycles. The van der Waals surface area contributed by atoms with Crippen molar-refractivity contribution in [2.75, 3.05) is 6.54 Å². The first-order chi connectivity index (χ1) is 11.2. The van der Waals surface area contributed by atoms with Crippen molar-refractivity contribution >= 4 is 16.8 Å². The lowest BCUT2D eigenvalue weighted by molar-refractivity contribution is -0.140. The van der Waals surface area contributed by atoms with Gasteiger partial charge in [0.05, 0.1) is 6.54 Å². The molecule has 0 spiro atoms. The van der Waals surface area contributed by atoms with E-state index in [-0.39, 0.29) is 11.5 Å². The molecule has 0 aliphatic carbocycles. The van der Waals surface area contributed by atoms with Gasteiger partial charge in [0.1, 0.15) is 0 Å². The monoisotopic (exact) mass is 328 g/mol. The van der Waals surface area contributed by atoms with Crippen LogP contribution in [0.2, 0.25) is 0 Å². The first kappa shape index (κ1) is 18.2. The van der Waals surface area contributed by atoms with Gasteiger partial charge in [0.2, 0.25) is 5.91 Å². The predicted molar refractivity (Wildman–Crippen MR) is 99.1 cm³/mol. The summed E-state index contributed by atoms with van der Waals surface area (Å²) in [5.41, 5.74) is 2.05. The molecule has 1 N–H and O–H groups in total. The predicted octanol–water partition coefficient (Wildman–Crippen LogP) is 4.01. The molecule has 4 heteroatoms. The van der Waals surface area contributed by atoms with E-state index in [0.717, 1.165) is 29.3 Å². The maximum Gasteiger partial charge on any atom is 0.253 e. The molecular formula is C20H28N2O2. The fourth-order valence-corrected chi connectivity index (χ4v) is 2.77. The van der Waals surface area contributed by atoms with E-state index in [4.69, 9.17) is 0 Å². The van der Waals surface area contributed by atoms with E-state index >= 15 is 0 Å². The van der Waals surface area contributed by atoms with Crippen LogP contribution in [0.1, 0.15) is 51.7 Å². The number of hydrogen-bond donors (Lipinski definition) is 1. The second-order valence-electron chi connectivity index (χ2n) is 7.54. The lowest BCUT2D eigenvalue weighted by atomic mass is 9.94. The summed E-state index contributed by atoms with van der Waals surface area (Å²) in [6, 6.07) is 7.87. The first-order valence-corrected chi connectivity index (χ1v) is 8.64. The molecule has 1 aromatic carbocycles. The van der Waals surface area contributed by atoms with Gasteiger partial charge in [-0.15, -0.1) is 0 Å². The maximum atomic E-state index is 12.7. The number of aromatic nitrogens is 1. The van der Waals surface area contributed by atoms with Crippen LogP contribution in [0.15, 0.2) is 29.1 Å². The zero-order valence-electron chi connectivity index (χ0n) is 15.4. The molecule has 2 rings (SSSR count). The van der Waals surface area contributed by atoms with E-state index in [1.165, 1.54) is 0 Å². The number of nitrogens with zero attached hydrogens (tertiary/aromatic N) is 1. The average molecular weight is 328 g/mol. The maximum absolute atomic E-state index is 12.7. The number of aromatic amines is 1. The summed E-state index contributed by atoms with van der Waals surface area (Å²) in [7, 11) is 0. The Hall–Kier alpha value is -2.10. The Balaban J connectivity index is 2.37. The Morgan fingerprint density at radius 3 is 2.54 bits per heavy atom. The molecule has 130 valence electrons. The second-order valence-corrected chi connectivity index (χ2v) is 7.54. The standard InChI is InChI=1S/C20H28N2O2/c1-6-7-10-22(19(24)20(3,4)5)13-16-12-15-11-14(2)8-9-17(15)21-18(16)23/h8-9,11-12H,6-7,10,13H2,1-5H3,(H,21,23). The van der Waals surface area contributed by atoms with Gasteiger partial charge in [-0.25, -0.2) is 0 Å². The van der Waals surface area contributed by atoms with E-state index in [9.17, 15) is 9.59 Å². The number of aryl methyl sites for hydroxylation is 1. The highest BCUT2D eigenvalue weighted by Gasteiger charge is 2.27. The zero-order chi connectivity index (χ0) is 17.9. The molecule has 1 amide bonds. The minimum absolute atomic E-state index is 0.0830. The molecular weight excluding hydrogens is 300 g/mol. The van der Waals surface area contributed by atoms with Gasteiger partial charge >= 0.3 is 0 Å². The molecule has 0 aliphatic rings. The third-order valence-corrected chi connectivity index (χ3v) is 4.15. The van der Waals surface area contributed by atoms with Gasteiger partial charge < -0.3 is 9.88 Å². The molecule has 0 bridgehead atoms. The molecule has 2 aromatic rings. The highest BCUT2D eigenvalue weighted by atomic mass is 16.2. The van der Waals surface area contributed by atoms with Crippen LogP contribution in [0, 0.1) is 12.3 Å². The van der Waals surface area contributed by atoms with Gasteiger partial charge in [-0.3, -0.25) is 9.59 Å². The van der Waals surface area contributed by atoms with Crippen LogP contribution in [-0.2, 0) is 11.3 Å². The average Bonchev–Trinajstić information content (AvgIpc) is 2.50. The zero-order valence-corrected chi connectivity index (χ0v) is 15.4. The number of benzene rings is 1. The fourth-order valence-electron chi connectivity index (χ4n) is 2.77. The quantitative estimate of drug-likeness (QED) is 0.901. The van der Waals surface area contributed by atoms with Gasteiger partial charge in [0.25, 0.3) is 5.56 Å². The molecule has 0 radical (unpaired) electrons. The third kappa shape index (κ3) is 4.25. The number of H-pyrrole nitrogens is 1. The summed E-state index contributed by atoms with van der Waals surface area (Å²) in [4.78, 5) is 29.9. The van der Waals surface area contributed by atoms with Crippen LogP contribution in [0.25, 0.3) is 10.9 Å². The highest BCUT2D eigenvalue weighted by molar-refractivity contribution is 5.82. The fraction of sp³-hybridized carbons (Fsp3) is 0.500. The van der Waals surface area contributed by atoms with Gasteiger partial charge in [-0.05, 0) is 36.9 Å². The summed E-state index contributed by atoms with van der Waals surface area (Å²) in [5, 5.41) is 1.00. The Morgan fingerprint density at radius 1 is 1.21 bits per heavy atom. The van der Waals surface area contributed by atoms with Gasteiger partial charge in [0.15, 0.2) is 0 Å². The Kier molecular flexibility index (Phi) is 5.47. The molecule has 0 atom stereocenters. The second kappa shape index (κ2) is 7.20. The summed E-state index contributed by atoms with van der Waals surface area (Å²) < 4.78 is 0. The molecule has 24 heavy (non-hydrogen) atoms. The normalized spacial score (nSPS) is 11.7. The minimum atomic E-state index is -0.450. The topological polar surface area (TPSA) is 53.2 Å². The Labute approximate surface area is 143 Å². The van der Waals surface area contributed by atoms with Gasteiger partial charge in [-0.1, -0.05) is 45.7 Å². The molecule has 1 aromatic heterocycles. The SMILES string of the molecule is CCCCN(Cc1cc2cc(C)ccc2[nH]c1=O)C(=O)C(C)(C)C. The van der Waals surface area contributed by atoms with Crippen molar-refractivity contribution in [3.8, 4) is 0 Å². The van der Waals surface area contributed by atoms with Crippen LogP contribution in [-0.4, -0.2) is 22.3 Å². The van der Waals surface area contributed by atoms with Crippen LogP contribution in [0.5, 0.6) is 0 Å². The molecule has 0 saturated carbocycles. The smallest absolute Gasteiger partial charge is 0.253 e. The van der Waals surface area contributed by atoms with Crippen molar-refractivity contribution in [3.05, 3.63) is 45.7 Å². The molecule has 0 aliphatic heterocycles. The van der Waals surface area contributed by atoms with Gasteiger partial charge in [-0.2, -0.15) is 0 Å². The molecule has 0 unspecified atom stereocenters. The number of carbonyl (C=O) groups is 1. The first-order valence-electron chi connectivity index (χ1n) is 8.64. The molecule has 4 nitrogen and oxygen atoms in total. The lowest BCUT2D eigenvalue weighted by Crippen LogP contribution is -2.40. The number of nitrogens with one attached hydrogen (secondary N) is 1. The molecule has 0 fully saturated rings. The van der Waals surface area contributed by atoms with E-state index < -0.39 is 5.41 Å². The number of fused-ring (bicyclic) bond motifs is 1. The number of amides is 1. The summed E-state index contributed by atoms with van der Waals surface area (Å²) in [6.07, 6.45) is 1.95. The van der Waals surface area contributed by atoms with E-state index in [2.05, 4.69) is 18.0 Å². The van der Waals surface area contributed by atoms with Gasteiger partial charge in [0, 0.05) is 23.0 Å². The van der Waals surface area contributed by atoms with E-state index in [1.54, 1.807) is 0 Å². The number of unbranched alkanes of at least 4 members (excludes halogenated alkanes) is 1. The van der Waals surface area contributed by atoms with Crippen molar-refractivity contribution in [2.24, 2.45) is 5.41 Å². The largest absolute Gasteiger partial charge is 0.338 e. The van der Waals surface area contributed by atoms with Crippen molar-refractivity contribution in [2.45, 2.75) is 54.0 Å². The Bertz CT molecular complexity index is 784. The highest BCUT2D eigenvalue weighted by Crippen LogP contribution is 2.20. The van der Waals surface area contributed by atoms with Crippen LogP contribution >= 0.6 is 0 Å². The third-order valence-electron chi connectivity index (χ3n) is 4.15. The van der Waals surface area contributed by atoms with Crippen molar-refractivity contribution in [1.82, 2.24) is 9.88 Å². The number of pyridine rings is 1. The summed E-state index contributed by atoms with van der Waals surface area (Å²) >= 11 is 0. The molecule has 1 heterocycles. The van der Waals surface area contributed by atoms with Crippen LogP contribution in [0.4, 0.5) is 0 Å². The van der Waals surface area contributed by atoms with Crippen molar-refractivity contribution < 1.29 is 4.79 Å². The number of hydrogen-bond acceptors (Lipinski definition) is 2. The van der Waals surface area contributed by atoms with Crippen molar-refractivity contribution in [1.29, 1.82) is 0 Å².